The Bertz CT molecular complexity index is 479. The predicted molar refractivity (Wildman–Crippen MR) is 67.4 cm³/mol. The average Bonchev–Trinajstić information content (AvgIpc) is 2.40. The molecule has 4 heteroatoms. The molecular formula is C13H16N4. The van der Waals surface area contributed by atoms with Crippen molar-refractivity contribution in [1.29, 1.82) is 0 Å². The van der Waals surface area contributed by atoms with Gasteiger partial charge in [-0.1, -0.05) is 6.92 Å². The van der Waals surface area contributed by atoms with Gasteiger partial charge >= 0.3 is 0 Å². The highest BCUT2D eigenvalue weighted by molar-refractivity contribution is 5.58. The summed E-state index contributed by atoms with van der Waals surface area (Å²) in [7, 11) is 0. The quantitative estimate of drug-likeness (QED) is 0.863. The van der Waals surface area contributed by atoms with E-state index in [4.69, 9.17) is 5.73 Å². The molecule has 0 aliphatic rings. The third kappa shape index (κ3) is 2.65. The molecule has 88 valence electrons. The second kappa shape index (κ2) is 5.50. The molecule has 2 N–H and O–H groups in total. The number of rotatable bonds is 4. The van der Waals surface area contributed by atoms with Crippen LogP contribution in [0.15, 0.2) is 30.9 Å². The Kier molecular flexibility index (Phi) is 3.77. The van der Waals surface area contributed by atoms with Crippen LogP contribution in [0.25, 0.3) is 11.4 Å². The Morgan fingerprint density at radius 3 is 2.59 bits per heavy atom. The van der Waals surface area contributed by atoms with Crippen LogP contribution in [0.5, 0.6) is 0 Å². The van der Waals surface area contributed by atoms with Crippen molar-refractivity contribution in [1.82, 2.24) is 15.0 Å². The van der Waals surface area contributed by atoms with Crippen LogP contribution >= 0.6 is 0 Å². The van der Waals surface area contributed by atoms with E-state index in [0.29, 0.717) is 6.54 Å². The van der Waals surface area contributed by atoms with E-state index < -0.39 is 0 Å². The minimum Gasteiger partial charge on any atom is -0.330 e. The topological polar surface area (TPSA) is 64.7 Å². The Morgan fingerprint density at radius 2 is 1.94 bits per heavy atom. The summed E-state index contributed by atoms with van der Waals surface area (Å²) in [6.45, 7) is 2.72. The van der Waals surface area contributed by atoms with Crippen molar-refractivity contribution in [3.63, 3.8) is 0 Å². The van der Waals surface area contributed by atoms with E-state index in [0.717, 1.165) is 29.8 Å². The minimum atomic E-state index is 0.623. The maximum absolute atomic E-state index is 5.49. The molecular weight excluding hydrogens is 212 g/mol. The predicted octanol–water partition coefficient (Wildman–Crippen LogP) is 1.60. The van der Waals surface area contributed by atoms with Crippen molar-refractivity contribution < 1.29 is 0 Å². The fraction of sp³-hybridized carbons (Fsp3) is 0.308. The lowest BCUT2D eigenvalue weighted by atomic mass is 10.1. The van der Waals surface area contributed by atoms with Crippen LogP contribution in [-0.4, -0.2) is 21.5 Å². The highest BCUT2D eigenvalue weighted by Crippen LogP contribution is 2.19. The van der Waals surface area contributed by atoms with E-state index in [1.54, 1.807) is 6.20 Å². The van der Waals surface area contributed by atoms with E-state index >= 15 is 0 Å². The Hall–Kier alpha value is -1.81. The van der Waals surface area contributed by atoms with Crippen LogP contribution in [-0.2, 0) is 12.8 Å². The molecule has 0 saturated carbocycles. The normalized spacial score (nSPS) is 10.5. The summed E-state index contributed by atoms with van der Waals surface area (Å²) in [5, 5.41) is 0. The number of hydrogen-bond donors (Lipinski definition) is 1. The first-order valence-corrected chi connectivity index (χ1v) is 5.79. The molecule has 0 saturated heterocycles. The van der Waals surface area contributed by atoms with Gasteiger partial charge in [-0.05, 0) is 36.6 Å². The molecule has 2 rings (SSSR count). The summed E-state index contributed by atoms with van der Waals surface area (Å²) in [4.78, 5) is 12.9. The van der Waals surface area contributed by atoms with Crippen molar-refractivity contribution in [2.75, 3.05) is 6.54 Å². The van der Waals surface area contributed by atoms with Crippen molar-refractivity contribution in [2.45, 2.75) is 19.8 Å². The van der Waals surface area contributed by atoms with Crippen molar-refractivity contribution in [3.05, 3.63) is 42.0 Å². The van der Waals surface area contributed by atoms with Crippen molar-refractivity contribution in [3.8, 4) is 11.4 Å². The Labute approximate surface area is 101 Å². The molecule has 0 fully saturated rings. The first-order valence-electron chi connectivity index (χ1n) is 5.79. The third-order valence-electron chi connectivity index (χ3n) is 2.66. The zero-order chi connectivity index (χ0) is 12.1. The zero-order valence-electron chi connectivity index (χ0n) is 9.93. The monoisotopic (exact) mass is 228 g/mol. The number of hydrogen-bond acceptors (Lipinski definition) is 4. The molecule has 0 aliphatic heterocycles. The molecule has 0 bridgehead atoms. The lowest BCUT2D eigenvalue weighted by Gasteiger charge is -2.06. The summed E-state index contributed by atoms with van der Waals surface area (Å²) in [5.41, 5.74) is 8.79. The van der Waals surface area contributed by atoms with Gasteiger partial charge in [0.25, 0.3) is 0 Å². The lowest BCUT2D eigenvalue weighted by Crippen LogP contribution is -2.04. The first kappa shape index (κ1) is 11.7. The van der Waals surface area contributed by atoms with Gasteiger partial charge in [-0.3, -0.25) is 4.98 Å². The number of nitrogens with two attached hydrogens (primary N) is 1. The summed E-state index contributed by atoms with van der Waals surface area (Å²) < 4.78 is 0. The minimum absolute atomic E-state index is 0.623. The number of aromatic nitrogens is 3. The first-order chi connectivity index (χ1) is 8.35. The molecule has 0 aliphatic carbocycles. The highest BCUT2D eigenvalue weighted by atomic mass is 14.9. The zero-order valence-corrected chi connectivity index (χ0v) is 9.93. The van der Waals surface area contributed by atoms with Crippen LogP contribution in [0, 0.1) is 0 Å². The van der Waals surface area contributed by atoms with Gasteiger partial charge in [0.1, 0.15) is 0 Å². The van der Waals surface area contributed by atoms with E-state index in [1.165, 1.54) is 5.56 Å². The van der Waals surface area contributed by atoms with Crippen LogP contribution < -0.4 is 5.73 Å². The van der Waals surface area contributed by atoms with Crippen LogP contribution in [0.2, 0.25) is 0 Å². The average molecular weight is 228 g/mol. The molecule has 4 nitrogen and oxygen atoms in total. The summed E-state index contributed by atoms with van der Waals surface area (Å²) in [5.74, 6) is 0.755. The van der Waals surface area contributed by atoms with Gasteiger partial charge in [-0.15, -0.1) is 0 Å². The van der Waals surface area contributed by atoms with E-state index in [-0.39, 0.29) is 0 Å². The molecule has 17 heavy (non-hydrogen) atoms. The van der Waals surface area contributed by atoms with Crippen LogP contribution in [0.1, 0.15) is 18.1 Å². The van der Waals surface area contributed by atoms with Crippen LogP contribution in [0.3, 0.4) is 0 Å². The highest BCUT2D eigenvalue weighted by Gasteiger charge is 2.06. The van der Waals surface area contributed by atoms with Gasteiger partial charge in [-0.25, -0.2) is 9.97 Å². The fourth-order valence-corrected chi connectivity index (χ4v) is 1.72. The van der Waals surface area contributed by atoms with E-state index in [1.807, 2.05) is 24.7 Å². The van der Waals surface area contributed by atoms with Crippen LogP contribution in [0.4, 0.5) is 0 Å². The lowest BCUT2D eigenvalue weighted by molar-refractivity contribution is 0.942. The SMILES string of the molecule is CCc1cnccc1-c1ncc(CCN)cn1. The fourth-order valence-electron chi connectivity index (χ4n) is 1.72. The second-order valence-corrected chi connectivity index (χ2v) is 3.84. The van der Waals surface area contributed by atoms with E-state index in [2.05, 4.69) is 21.9 Å². The largest absolute Gasteiger partial charge is 0.330 e. The maximum Gasteiger partial charge on any atom is 0.159 e. The Morgan fingerprint density at radius 1 is 1.18 bits per heavy atom. The van der Waals surface area contributed by atoms with Crippen molar-refractivity contribution >= 4 is 0 Å². The molecule has 2 aromatic heterocycles. The number of nitrogens with zero attached hydrogens (tertiary/aromatic N) is 3. The summed E-state index contributed by atoms with van der Waals surface area (Å²) in [6.07, 6.45) is 9.07. The van der Waals surface area contributed by atoms with Gasteiger partial charge in [0, 0.05) is 30.4 Å². The molecule has 2 heterocycles. The van der Waals surface area contributed by atoms with Gasteiger partial charge in [0.2, 0.25) is 0 Å². The molecule has 0 unspecified atom stereocenters. The van der Waals surface area contributed by atoms with Gasteiger partial charge in [-0.2, -0.15) is 0 Å². The molecule has 2 aromatic rings. The molecule has 0 aromatic carbocycles. The van der Waals surface area contributed by atoms with Gasteiger partial charge in [0.15, 0.2) is 5.82 Å². The van der Waals surface area contributed by atoms with E-state index in [9.17, 15) is 0 Å². The maximum atomic E-state index is 5.49. The standard InChI is InChI=1S/C13H16N4/c1-2-11-9-15-6-4-12(11)13-16-7-10(3-5-14)8-17-13/h4,6-9H,2-3,5,14H2,1H3. The smallest absolute Gasteiger partial charge is 0.159 e. The number of pyridine rings is 1. The van der Waals surface area contributed by atoms with Gasteiger partial charge in [0.05, 0.1) is 0 Å². The summed E-state index contributed by atoms with van der Waals surface area (Å²) in [6, 6.07) is 1.96. The molecule has 0 atom stereocenters. The van der Waals surface area contributed by atoms with Gasteiger partial charge < -0.3 is 5.73 Å². The third-order valence-corrected chi connectivity index (χ3v) is 2.66. The second-order valence-electron chi connectivity index (χ2n) is 3.84. The Balaban J connectivity index is 2.33. The van der Waals surface area contributed by atoms with Crippen molar-refractivity contribution in [2.24, 2.45) is 5.73 Å². The molecule has 0 radical (unpaired) electrons. The summed E-state index contributed by atoms with van der Waals surface area (Å²) >= 11 is 0. The molecule has 0 amide bonds. The molecule has 0 spiro atoms. The number of aryl methyl sites for hydroxylation is 1.